The molecule has 5 aromatic rings. The summed E-state index contributed by atoms with van der Waals surface area (Å²) in [5.74, 6) is -3.28. The second-order valence-corrected chi connectivity index (χ2v) is 15.6. The molecule has 0 atom stereocenters. The van der Waals surface area contributed by atoms with Crippen LogP contribution in [-0.4, -0.2) is 121 Å². The van der Waals surface area contributed by atoms with Gasteiger partial charge in [0, 0.05) is 86.3 Å². The van der Waals surface area contributed by atoms with Gasteiger partial charge in [-0.1, -0.05) is 17.7 Å². The van der Waals surface area contributed by atoms with Gasteiger partial charge in [-0.2, -0.15) is 10.2 Å². The molecule has 2 aromatic carbocycles. The van der Waals surface area contributed by atoms with E-state index in [2.05, 4.69) is 45.0 Å². The fourth-order valence-electron chi connectivity index (χ4n) is 7.41. The molecule has 302 valence electrons. The molecule has 0 unspecified atom stereocenters. The normalized spacial score (nSPS) is 15.6. The summed E-state index contributed by atoms with van der Waals surface area (Å²) >= 11 is 6.55. The van der Waals surface area contributed by atoms with E-state index < -0.39 is 23.4 Å². The largest absolute Gasteiger partial charge is 0.339 e. The number of piperazine rings is 1. The third-order valence-corrected chi connectivity index (χ3v) is 11.2. The number of amides is 4. The Kier molecular flexibility index (Phi) is 11.4. The van der Waals surface area contributed by atoms with Gasteiger partial charge >= 0.3 is 0 Å². The number of benzene rings is 2. The maximum Gasteiger partial charge on any atom is 0.291 e. The fraction of sp³-hybridized carbons (Fsp3) is 0.350. The van der Waals surface area contributed by atoms with Crippen LogP contribution in [0.4, 0.5) is 20.3 Å². The van der Waals surface area contributed by atoms with Gasteiger partial charge in [-0.15, -0.1) is 5.10 Å². The lowest BCUT2D eigenvalue weighted by Crippen LogP contribution is -2.54. The van der Waals surface area contributed by atoms with Gasteiger partial charge in [0.25, 0.3) is 11.8 Å². The van der Waals surface area contributed by atoms with E-state index in [4.69, 9.17) is 11.6 Å². The highest BCUT2D eigenvalue weighted by atomic mass is 35.5. The van der Waals surface area contributed by atoms with Crippen molar-refractivity contribution in [3.8, 4) is 22.4 Å². The van der Waals surface area contributed by atoms with Crippen molar-refractivity contribution in [2.75, 3.05) is 64.0 Å². The minimum absolute atomic E-state index is 0.0258. The number of piperidine rings is 1. The van der Waals surface area contributed by atoms with E-state index in [1.54, 1.807) is 30.0 Å². The summed E-state index contributed by atoms with van der Waals surface area (Å²) in [6, 6.07) is 10.5. The number of carbonyl (C=O) groups is 4. The minimum Gasteiger partial charge on any atom is -0.339 e. The number of rotatable bonds is 9. The van der Waals surface area contributed by atoms with E-state index in [-0.39, 0.29) is 63.3 Å². The van der Waals surface area contributed by atoms with Crippen LogP contribution in [0.25, 0.3) is 22.4 Å². The summed E-state index contributed by atoms with van der Waals surface area (Å²) in [5.41, 5.74) is 1.24. The lowest BCUT2D eigenvalue weighted by Gasteiger charge is -2.40. The molecule has 2 saturated heterocycles. The van der Waals surface area contributed by atoms with E-state index in [1.165, 1.54) is 59.2 Å². The van der Waals surface area contributed by atoms with Gasteiger partial charge < -0.3 is 29.5 Å². The maximum absolute atomic E-state index is 15.7. The monoisotopic (exact) mass is 814 g/mol. The van der Waals surface area contributed by atoms with Crippen LogP contribution in [0.5, 0.6) is 0 Å². The lowest BCUT2D eigenvalue weighted by atomic mass is 9.94. The number of likely N-dealkylation sites (tertiary alicyclic amines) is 1. The summed E-state index contributed by atoms with van der Waals surface area (Å²) in [7, 11) is 5.86. The van der Waals surface area contributed by atoms with Crippen molar-refractivity contribution in [1.82, 2.24) is 39.3 Å². The number of quaternary nitrogens is 1. The molecule has 4 amide bonds. The molecule has 15 nitrogen and oxygen atoms in total. The van der Waals surface area contributed by atoms with Crippen LogP contribution in [0.15, 0.2) is 61.1 Å². The molecule has 18 heteroatoms. The molecule has 0 radical (unpaired) electrons. The highest BCUT2D eigenvalue weighted by Crippen LogP contribution is 2.33. The van der Waals surface area contributed by atoms with Gasteiger partial charge in [0.05, 0.1) is 55.9 Å². The average molecular weight is 815 g/mol. The molecule has 58 heavy (non-hydrogen) atoms. The van der Waals surface area contributed by atoms with Crippen molar-refractivity contribution in [3.63, 3.8) is 0 Å². The van der Waals surface area contributed by atoms with Gasteiger partial charge in [-0.25, -0.2) is 13.8 Å². The summed E-state index contributed by atoms with van der Waals surface area (Å²) in [5, 5.41) is 17.2. The third kappa shape index (κ3) is 8.31. The van der Waals surface area contributed by atoms with E-state index >= 15 is 8.78 Å². The zero-order valence-electron chi connectivity index (χ0n) is 32.5. The molecule has 0 aliphatic carbocycles. The first-order chi connectivity index (χ1) is 27.7. The Morgan fingerprint density at radius 2 is 1.59 bits per heavy atom. The highest BCUT2D eigenvalue weighted by Gasteiger charge is 2.35. The Labute approximate surface area is 338 Å². The number of nitrogens with zero attached hydrogens (tertiary/aromatic N) is 9. The zero-order chi connectivity index (χ0) is 41.3. The van der Waals surface area contributed by atoms with Crippen molar-refractivity contribution in [2.45, 2.75) is 26.3 Å². The summed E-state index contributed by atoms with van der Waals surface area (Å²) < 4.78 is 35.0. The van der Waals surface area contributed by atoms with E-state index in [1.807, 2.05) is 4.90 Å². The summed E-state index contributed by atoms with van der Waals surface area (Å²) in [6.07, 6.45) is 5.82. The molecule has 0 spiro atoms. The molecule has 2 aliphatic heterocycles. The van der Waals surface area contributed by atoms with Gasteiger partial charge in [0.15, 0.2) is 23.3 Å². The second kappa shape index (κ2) is 16.4. The summed E-state index contributed by atoms with van der Waals surface area (Å²) in [4.78, 5) is 60.2. The molecule has 3 aromatic heterocycles. The molecule has 2 aliphatic rings. The Morgan fingerprint density at radius 3 is 2.28 bits per heavy atom. The van der Waals surface area contributed by atoms with Gasteiger partial charge in [0.1, 0.15) is 6.54 Å². The Balaban J connectivity index is 0.974. The first kappa shape index (κ1) is 40.1. The van der Waals surface area contributed by atoms with E-state index in [0.29, 0.717) is 43.1 Å². The van der Waals surface area contributed by atoms with Crippen molar-refractivity contribution in [3.05, 3.63) is 94.8 Å². The Hall–Kier alpha value is -6.07. The van der Waals surface area contributed by atoms with Crippen LogP contribution in [0.1, 0.15) is 39.5 Å². The molecular weight excluding hydrogens is 772 g/mol. The molecule has 0 bridgehead atoms. The summed E-state index contributed by atoms with van der Waals surface area (Å²) in [6.45, 7) is 5.07. The average Bonchev–Trinajstić information content (AvgIpc) is 3.76. The minimum atomic E-state index is -1.16. The quantitative estimate of drug-likeness (QED) is 0.204. The second-order valence-electron chi connectivity index (χ2n) is 15.2. The maximum atomic E-state index is 15.7. The number of anilines is 2. The number of hydrogen-bond donors (Lipinski definition) is 2. The predicted octanol–water partition coefficient (Wildman–Crippen LogP) is 4.64. The third-order valence-electron chi connectivity index (χ3n) is 10.9. The number of nitrogens with one attached hydrogen (secondary N) is 2. The van der Waals surface area contributed by atoms with Crippen LogP contribution < -0.4 is 10.6 Å². The van der Waals surface area contributed by atoms with Gasteiger partial charge in [0.2, 0.25) is 11.8 Å². The van der Waals surface area contributed by atoms with Crippen LogP contribution in [-0.2, 0) is 23.2 Å². The first-order valence-electron chi connectivity index (χ1n) is 18.8. The standard InChI is InChI=1S/C40H42ClF2N11O4/c1-24-30(21-46-53(24)23-34(55)48-33-6-5-13-45-49-33)27-9-10-29(36(43)35(27)42)32-22-44-37(50(32)2)38(56)47-26-7-8-28(31(41)20-26)40(58)52-16-14-51(15-17-52)39(57)25-11-18-54(3,4)19-12-25/h5-10,13,20-22,25H,11-12,14-19,23H2,1-4H3,(H-,47,48,49,55,56,58)/p+1. The molecule has 0 saturated carbocycles. The smallest absolute Gasteiger partial charge is 0.291 e. The van der Waals surface area contributed by atoms with E-state index in [9.17, 15) is 19.2 Å². The number of halogens is 3. The molecule has 2 N–H and O–H groups in total. The van der Waals surface area contributed by atoms with Crippen LogP contribution >= 0.6 is 11.6 Å². The molecule has 2 fully saturated rings. The first-order valence-corrected chi connectivity index (χ1v) is 19.2. The van der Waals surface area contributed by atoms with Crippen LogP contribution in [0.2, 0.25) is 5.02 Å². The SMILES string of the molecule is Cc1c(-c2ccc(-c3cnc(C(=O)Nc4ccc(C(=O)N5CCN(C(=O)C6CC[N+](C)(C)CC6)CC5)c(Cl)c4)n3C)c(F)c2F)cnn1CC(=O)Nc1cccnn1. The Morgan fingerprint density at radius 1 is 0.897 bits per heavy atom. The number of aromatic nitrogens is 6. The molecular formula is C40H43ClF2N11O4+. The van der Waals surface area contributed by atoms with Crippen molar-refractivity contribution in [1.29, 1.82) is 0 Å². The van der Waals surface area contributed by atoms with Crippen LogP contribution in [0, 0.1) is 24.5 Å². The van der Waals surface area contributed by atoms with Crippen molar-refractivity contribution >= 4 is 46.7 Å². The number of carbonyl (C=O) groups excluding carboxylic acids is 4. The van der Waals surface area contributed by atoms with Crippen molar-refractivity contribution < 1.29 is 32.4 Å². The van der Waals surface area contributed by atoms with Crippen molar-refractivity contribution in [2.24, 2.45) is 13.0 Å². The number of hydrogen-bond acceptors (Lipinski definition) is 8. The lowest BCUT2D eigenvalue weighted by molar-refractivity contribution is -0.895. The van der Waals surface area contributed by atoms with Gasteiger partial charge in [-0.3, -0.25) is 23.9 Å². The highest BCUT2D eigenvalue weighted by molar-refractivity contribution is 6.34. The topological polar surface area (TPSA) is 160 Å². The van der Waals surface area contributed by atoms with E-state index in [0.717, 1.165) is 30.4 Å². The zero-order valence-corrected chi connectivity index (χ0v) is 33.3. The fourth-order valence-corrected chi connectivity index (χ4v) is 7.67. The van der Waals surface area contributed by atoms with Gasteiger partial charge in [-0.05, 0) is 43.3 Å². The Bertz CT molecular complexity index is 2380. The predicted molar refractivity (Wildman–Crippen MR) is 212 cm³/mol. The molecule has 5 heterocycles. The molecule has 7 rings (SSSR count). The van der Waals surface area contributed by atoms with Crippen LogP contribution in [0.3, 0.4) is 0 Å². The number of imidazole rings is 1.